The molecule has 1 fully saturated rings. The standard InChI is InChI=1S/C16H18F3N5O2S/c1-8(15(25)24-6-12(9(24)2)26-16(17,18)19)23-14-4-11(21-7-22-14)13-5-20-10(3)27-13/h4-5,7-9,12H,6H2,1-3H3,(H,21,22,23)/t8-,9+,12+/m1/s1. The van der Waals surface area contributed by atoms with Gasteiger partial charge in [0.2, 0.25) is 5.91 Å². The molecule has 3 atom stereocenters. The van der Waals surface area contributed by atoms with E-state index < -0.39 is 24.6 Å². The number of likely N-dealkylation sites (tertiary alicyclic amines) is 1. The first-order valence-electron chi connectivity index (χ1n) is 8.20. The van der Waals surface area contributed by atoms with Crippen molar-refractivity contribution in [1.82, 2.24) is 19.9 Å². The van der Waals surface area contributed by atoms with E-state index in [-0.39, 0.29) is 12.5 Å². The molecule has 1 amide bonds. The van der Waals surface area contributed by atoms with Crippen LogP contribution in [0.25, 0.3) is 10.6 Å². The normalized spacial score (nSPS) is 20.9. The van der Waals surface area contributed by atoms with Gasteiger partial charge in [-0.2, -0.15) is 0 Å². The second kappa shape index (κ2) is 7.39. The van der Waals surface area contributed by atoms with E-state index in [0.29, 0.717) is 11.5 Å². The maximum atomic E-state index is 12.5. The Bertz CT molecular complexity index is 828. The van der Waals surface area contributed by atoms with Gasteiger partial charge >= 0.3 is 6.36 Å². The lowest BCUT2D eigenvalue weighted by Gasteiger charge is -2.46. The molecule has 0 aromatic carbocycles. The molecule has 0 unspecified atom stereocenters. The lowest BCUT2D eigenvalue weighted by Crippen LogP contribution is -2.64. The molecule has 0 aliphatic carbocycles. The fraction of sp³-hybridized carbons (Fsp3) is 0.500. The number of carbonyl (C=O) groups excluding carboxylic acids is 1. The molecular formula is C16H18F3N5O2S. The van der Waals surface area contributed by atoms with Gasteiger partial charge in [-0.05, 0) is 20.8 Å². The van der Waals surface area contributed by atoms with E-state index in [9.17, 15) is 18.0 Å². The van der Waals surface area contributed by atoms with Gasteiger partial charge in [0.05, 0.1) is 21.6 Å². The number of carbonyl (C=O) groups is 1. The number of ether oxygens (including phenoxy) is 1. The predicted molar refractivity (Wildman–Crippen MR) is 93.1 cm³/mol. The van der Waals surface area contributed by atoms with Crippen LogP contribution in [0.5, 0.6) is 0 Å². The highest BCUT2D eigenvalue weighted by Gasteiger charge is 2.46. The summed E-state index contributed by atoms with van der Waals surface area (Å²) in [6.45, 7) is 4.95. The second-order valence-electron chi connectivity index (χ2n) is 6.23. The van der Waals surface area contributed by atoms with Crippen LogP contribution in [0, 0.1) is 6.92 Å². The summed E-state index contributed by atoms with van der Waals surface area (Å²) in [6, 6.07) is 0.390. The molecule has 2 aromatic heterocycles. The Labute approximate surface area is 157 Å². The topological polar surface area (TPSA) is 80.2 Å². The third-order valence-corrected chi connectivity index (χ3v) is 5.19. The van der Waals surface area contributed by atoms with Crippen molar-refractivity contribution in [3.05, 3.63) is 23.6 Å². The van der Waals surface area contributed by atoms with Gasteiger partial charge in [0.1, 0.15) is 24.3 Å². The summed E-state index contributed by atoms with van der Waals surface area (Å²) >= 11 is 1.49. The van der Waals surface area contributed by atoms with Gasteiger partial charge in [-0.15, -0.1) is 24.5 Å². The van der Waals surface area contributed by atoms with E-state index in [4.69, 9.17) is 0 Å². The average Bonchev–Trinajstić information content (AvgIpc) is 3.03. The molecule has 7 nitrogen and oxygen atoms in total. The van der Waals surface area contributed by atoms with Crippen molar-refractivity contribution in [2.75, 3.05) is 11.9 Å². The smallest absolute Gasteiger partial charge is 0.359 e. The Morgan fingerprint density at radius 1 is 1.41 bits per heavy atom. The number of alkyl halides is 3. The molecule has 1 aliphatic heterocycles. The number of amides is 1. The lowest BCUT2D eigenvalue weighted by molar-refractivity contribution is -0.359. The van der Waals surface area contributed by atoms with Crippen LogP contribution in [0.15, 0.2) is 18.6 Å². The van der Waals surface area contributed by atoms with E-state index in [1.807, 2.05) is 6.92 Å². The minimum Gasteiger partial charge on any atom is -0.359 e. The fourth-order valence-corrected chi connectivity index (χ4v) is 3.50. The van der Waals surface area contributed by atoms with Gasteiger partial charge in [-0.1, -0.05) is 0 Å². The third kappa shape index (κ3) is 4.53. The molecule has 0 saturated carbocycles. The molecule has 3 heterocycles. The zero-order valence-electron chi connectivity index (χ0n) is 14.8. The molecular weight excluding hydrogens is 383 g/mol. The number of hydrogen-bond acceptors (Lipinski definition) is 7. The molecule has 2 aromatic rings. The average molecular weight is 401 g/mol. The number of aryl methyl sites for hydroxylation is 1. The third-order valence-electron chi connectivity index (χ3n) is 4.25. The van der Waals surface area contributed by atoms with Gasteiger partial charge in [0.15, 0.2) is 0 Å². The van der Waals surface area contributed by atoms with Crippen LogP contribution in [0.4, 0.5) is 19.0 Å². The van der Waals surface area contributed by atoms with Crippen LogP contribution in [0.3, 0.4) is 0 Å². The van der Waals surface area contributed by atoms with Crippen molar-refractivity contribution in [2.24, 2.45) is 0 Å². The molecule has 11 heteroatoms. The van der Waals surface area contributed by atoms with Crippen LogP contribution in [0.1, 0.15) is 18.9 Å². The Kier molecular flexibility index (Phi) is 5.33. The number of hydrogen-bond donors (Lipinski definition) is 1. The summed E-state index contributed by atoms with van der Waals surface area (Å²) in [5.74, 6) is 0.126. The number of halogens is 3. The summed E-state index contributed by atoms with van der Waals surface area (Å²) in [7, 11) is 0. The van der Waals surface area contributed by atoms with E-state index in [1.165, 1.54) is 29.5 Å². The second-order valence-corrected chi connectivity index (χ2v) is 7.47. The number of rotatable bonds is 5. The van der Waals surface area contributed by atoms with Gasteiger partial charge in [-0.3, -0.25) is 9.53 Å². The monoisotopic (exact) mass is 401 g/mol. The van der Waals surface area contributed by atoms with Crippen molar-refractivity contribution in [3.8, 4) is 10.6 Å². The van der Waals surface area contributed by atoms with Crippen molar-refractivity contribution in [3.63, 3.8) is 0 Å². The highest BCUT2D eigenvalue weighted by atomic mass is 32.1. The Balaban J connectivity index is 1.61. The minimum absolute atomic E-state index is 0.0965. The highest BCUT2D eigenvalue weighted by Crippen LogP contribution is 2.29. The zero-order valence-corrected chi connectivity index (χ0v) is 15.6. The molecule has 146 valence electrons. The number of aromatic nitrogens is 3. The van der Waals surface area contributed by atoms with Crippen molar-refractivity contribution in [1.29, 1.82) is 0 Å². The summed E-state index contributed by atoms with van der Waals surface area (Å²) in [6.07, 6.45) is -2.65. The van der Waals surface area contributed by atoms with E-state index in [1.54, 1.807) is 19.2 Å². The molecule has 0 spiro atoms. The SMILES string of the molecule is Cc1ncc(-c2cc(N[C@H](C)C(=O)N3C[C@H](OC(F)(F)F)[C@@H]3C)ncn2)s1. The first kappa shape index (κ1) is 19.5. The molecule has 0 radical (unpaired) electrons. The van der Waals surface area contributed by atoms with Crippen LogP contribution >= 0.6 is 11.3 Å². The number of thiazole rings is 1. The van der Waals surface area contributed by atoms with Gasteiger partial charge in [0.25, 0.3) is 0 Å². The maximum absolute atomic E-state index is 12.5. The maximum Gasteiger partial charge on any atom is 0.522 e. The van der Waals surface area contributed by atoms with Crippen molar-refractivity contribution in [2.45, 2.75) is 45.3 Å². The van der Waals surface area contributed by atoms with E-state index >= 15 is 0 Å². The summed E-state index contributed by atoms with van der Waals surface area (Å²) < 4.78 is 40.9. The minimum atomic E-state index is -4.70. The van der Waals surface area contributed by atoms with Crippen LogP contribution in [0.2, 0.25) is 0 Å². The molecule has 27 heavy (non-hydrogen) atoms. The predicted octanol–water partition coefficient (Wildman–Crippen LogP) is 2.84. The highest BCUT2D eigenvalue weighted by molar-refractivity contribution is 7.15. The van der Waals surface area contributed by atoms with Gasteiger partial charge < -0.3 is 10.2 Å². The van der Waals surface area contributed by atoms with Crippen LogP contribution in [-0.2, 0) is 9.53 Å². The fourth-order valence-electron chi connectivity index (χ4n) is 2.76. The molecule has 1 aliphatic rings. The summed E-state index contributed by atoms with van der Waals surface area (Å²) in [4.78, 5) is 27.2. The lowest BCUT2D eigenvalue weighted by atomic mass is 10.00. The molecule has 1 N–H and O–H groups in total. The van der Waals surface area contributed by atoms with Crippen molar-refractivity contribution < 1.29 is 22.7 Å². The quantitative estimate of drug-likeness (QED) is 0.830. The van der Waals surface area contributed by atoms with Gasteiger partial charge in [-0.25, -0.2) is 15.0 Å². The Hall–Kier alpha value is -2.27. The Morgan fingerprint density at radius 2 is 2.15 bits per heavy atom. The summed E-state index contributed by atoms with van der Waals surface area (Å²) in [5, 5.41) is 3.88. The van der Waals surface area contributed by atoms with Crippen LogP contribution in [-0.4, -0.2) is 56.9 Å². The van der Waals surface area contributed by atoms with E-state index in [0.717, 1.165) is 9.88 Å². The molecule has 0 bridgehead atoms. The molecule has 3 rings (SSSR count). The van der Waals surface area contributed by atoms with Gasteiger partial charge in [0, 0.05) is 18.8 Å². The first-order valence-corrected chi connectivity index (χ1v) is 9.02. The summed E-state index contributed by atoms with van der Waals surface area (Å²) in [5.41, 5.74) is 0.675. The molecule has 1 saturated heterocycles. The van der Waals surface area contributed by atoms with Crippen molar-refractivity contribution >= 4 is 23.1 Å². The largest absolute Gasteiger partial charge is 0.522 e. The number of nitrogens with zero attached hydrogens (tertiary/aromatic N) is 4. The first-order chi connectivity index (χ1) is 12.6. The zero-order chi connectivity index (χ0) is 19.8. The Morgan fingerprint density at radius 3 is 2.74 bits per heavy atom. The number of anilines is 1. The van der Waals surface area contributed by atoms with E-state index in [2.05, 4.69) is 25.0 Å². The van der Waals surface area contributed by atoms with Crippen LogP contribution < -0.4 is 5.32 Å². The number of nitrogens with one attached hydrogen (secondary N) is 1.